The summed E-state index contributed by atoms with van der Waals surface area (Å²) in [5, 5.41) is 13.4. The number of nitrogens with zero attached hydrogens (tertiary/aromatic N) is 5. The summed E-state index contributed by atoms with van der Waals surface area (Å²) < 4.78 is 5.15. The molecule has 1 aromatic heterocycles. The number of H-pyrrole nitrogens is 1. The van der Waals surface area contributed by atoms with Gasteiger partial charge in [0, 0.05) is 23.4 Å². The quantitative estimate of drug-likeness (QED) is 0.285. The van der Waals surface area contributed by atoms with E-state index in [9.17, 15) is 14.4 Å². The number of anilines is 2. The van der Waals surface area contributed by atoms with E-state index in [0.29, 0.717) is 29.9 Å². The highest BCUT2D eigenvalue weighted by Crippen LogP contribution is 2.39. The number of hydrogen-bond donors (Lipinski definition) is 3. The minimum atomic E-state index is -0.476. The van der Waals surface area contributed by atoms with Gasteiger partial charge in [-0.2, -0.15) is 10.1 Å². The Morgan fingerprint density at radius 3 is 2.76 bits per heavy atom. The molecule has 0 atom stereocenters. The number of aromatic amines is 1. The summed E-state index contributed by atoms with van der Waals surface area (Å²) in [6, 6.07) is 9.24. The van der Waals surface area contributed by atoms with Crippen molar-refractivity contribution in [1.82, 2.24) is 25.3 Å². The number of rotatable bonds is 8. The van der Waals surface area contributed by atoms with Crippen LogP contribution in [0.25, 0.3) is 0 Å². The van der Waals surface area contributed by atoms with Gasteiger partial charge >= 0.3 is 12.0 Å². The summed E-state index contributed by atoms with van der Waals surface area (Å²) in [5.41, 5.74) is 3.06. The second-order valence-corrected chi connectivity index (χ2v) is 9.19. The largest absolute Gasteiger partial charge is 0.461 e. The maximum Gasteiger partial charge on any atom is 0.362 e. The first-order chi connectivity index (χ1) is 18.0. The Balaban J connectivity index is 1.25. The molecule has 1 saturated carbocycles. The molecule has 2 fully saturated rings. The molecule has 6 rings (SSSR count). The first kappa shape index (κ1) is 23.0. The van der Waals surface area contributed by atoms with Gasteiger partial charge in [-0.3, -0.25) is 20.1 Å². The maximum atomic E-state index is 12.4. The number of benzene rings is 1. The number of aliphatic imine (C=N–C) groups is 1. The van der Waals surface area contributed by atoms with Gasteiger partial charge in [0.25, 0.3) is 11.7 Å². The van der Waals surface area contributed by atoms with Gasteiger partial charge in [0.15, 0.2) is 12.0 Å². The van der Waals surface area contributed by atoms with Crippen LogP contribution in [0, 0.1) is 0 Å². The van der Waals surface area contributed by atoms with Gasteiger partial charge in [-0.15, -0.1) is 0 Å². The maximum absolute atomic E-state index is 12.4. The molecule has 1 radical (unpaired) electrons. The van der Waals surface area contributed by atoms with Gasteiger partial charge in [-0.1, -0.05) is 12.1 Å². The molecule has 0 bridgehead atoms. The average molecular weight is 503 g/mol. The van der Waals surface area contributed by atoms with Crippen molar-refractivity contribution >= 4 is 35.2 Å². The average Bonchev–Trinajstić information content (AvgIpc) is 3.34. The van der Waals surface area contributed by atoms with Crippen LogP contribution in [0.5, 0.6) is 0 Å². The highest BCUT2D eigenvalue weighted by molar-refractivity contribution is 6.03. The predicted octanol–water partition coefficient (Wildman–Crippen LogP) is 2.03. The summed E-state index contributed by atoms with van der Waals surface area (Å²) in [4.78, 5) is 45.7. The Kier molecular flexibility index (Phi) is 5.72. The highest BCUT2D eigenvalue weighted by Gasteiger charge is 2.42. The van der Waals surface area contributed by atoms with E-state index < -0.39 is 5.97 Å². The molecule has 0 spiro atoms. The number of esters is 1. The zero-order valence-corrected chi connectivity index (χ0v) is 20.2. The number of ether oxygens (including phenoxy) is 1. The summed E-state index contributed by atoms with van der Waals surface area (Å²) in [7, 11) is 0. The Morgan fingerprint density at radius 2 is 2.05 bits per heavy atom. The fraction of sp³-hybridized carbons (Fsp3) is 0.320. The number of nitrogens with one attached hydrogen (secondary N) is 3. The second-order valence-electron chi connectivity index (χ2n) is 9.19. The van der Waals surface area contributed by atoms with Crippen LogP contribution in [0.4, 0.5) is 16.3 Å². The predicted molar refractivity (Wildman–Crippen MR) is 134 cm³/mol. The molecule has 1 aliphatic carbocycles. The number of carbonyl (C=O) groups excluding carboxylic acids is 3. The van der Waals surface area contributed by atoms with Crippen molar-refractivity contribution in [3.8, 4) is 0 Å². The fourth-order valence-corrected chi connectivity index (χ4v) is 4.43. The number of aromatic nitrogens is 2. The van der Waals surface area contributed by atoms with Crippen molar-refractivity contribution in [2.75, 3.05) is 29.9 Å². The molecule has 4 heterocycles. The molecule has 3 N–H and O–H groups in total. The van der Waals surface area contributed by atoms with Crippen LogP contribution in [0.15, 0.2) is 59.2 Å². The summed E-state index contributed by atoms with van der Waals surface area (Å²) >= 11 is 0. The summed E-state index contributed by atoms with van der Waals surface area (Å²) in [5.74, 6) is 1.85. The number of urea groups is 1. The zero-order chi connectivity index (χ0) is 25.5. The molecule has 0 unspecified atom stereocenters. The number of amidine groups is 1. The van der Waals surface area contributed by atoms with Crippen LogP contribution in [0.2, 0.25) is 0 Å². The summed E-state index contributed by atoms with van der Waals surface area (Å²) in [6.07, 6.45) is 5.93. The molecule has 189 valence electrons. The van der Waals surface area contributed by atoms with Gasteiger partial charge in [0.1, 0.15) is 6.54 Å². The molecule has 3 aliphatic heterocycles. The van der Waals surface area contributed by atoms with Crippen LogP contribution >= 0.6 is 0 Å². The zero-order valence-electron chi connectivity index (χ0n) is 20.2. The third kappa shape index (κ3) is 4.58. The van der Waals surface area contributed by atoms with E-state index in [0.717, 1.165) is 16.9 Å². The van der Waals surface area contributed by atoms with Crippen molar-refractivity contribution in [3.05, 3.63) is 65.5 Å². The van der Waals surface area contributed by atoms with Crippen molar-refractivity contribution in [3.63, 3.8) is 0 Å². The van der Waals surface area contributed by atoms with E-state index in [2.05, 4.69) is 25.8 Å². The Labute approximate surface area is 212 Å². The number of fused-ring (bicyclic) bond motifs is 1. The monoisotopic (exact) mass is 502 g/mol. The third-order valence-electron chi connectivity index (χ3n) is 6.53. The molecule has 1 saturated heterocycles. The minimum absolute atomic E-state index is 0.0316. The van der Waals surface area contributed by atoms with Crippen molar-refractivity contribution < 1.29 is 19.1 Å². The molecule has 4 aliphatic rings. The van der Waals surface area contributed by atoms with Crippen molar-refractivity contribution in [2.45, 2.75) is 32.2 Å². The Hall–Kier alpha value is -4.45. The van der Waals surface area contributed by atoms with Crippen LogP contribution in [-0.2, 0) is 20.9 Å². The highest BCUT2D eigenvalue weighted by atomic mass is 16.5. The number of hydrogen-bond acceptors (Lipinski definition) is 9. The number of amides is 3. The Morgan fingerprint density at radius 1 is 1.24 bits per heavy atom. The minimum Gasteiger partial charge on any atom is -0.461 e. The van der Waals surface area contributed by atoms with Crippen LogP contribution in [0.1, 0.15) is 36.9 Å². The smallest absolute Gasteiger partial charge is 0.362 e. The van der Waals surface area contributed by atoms with Crippen molar-refractivity contribution in [2.24, 2.45) is 4.99 Å². The molecule has 3 amide bonds. The van der Waals surface area contributed by atoms with Gasteiger partial charge in [-0.05, 0) is 42.4 Å². The molecule has 12 heteroatoms. The van der Waals surface area contributed by atoms with E-state index >= 15 is 0 Å². The van der Waals surface area contributed by atoms with Gasteiger partial charge in [0.2, 0.25) is 11.6 Å². The topological polar surface area (TPSA) is 138 Å². The lowest BCUT2D eigenvalue weighted by Crippen LogP contribution is -2.45. The molecule has 12 nitrogen and oxygen atoms in total. The van der Waals surface area contributed by atoms with Gasteiger partial charge in [-0.25, -0.2) is 9.59 Å². The molecular weight excluding hydrogens is 476 g/mol. The first-order valence-corrected chi connectivity index (χ1v) is 12.2. The SMILES string of the molecule is CCOC(=O)C1=C[N+]2C(Nc3cc(C4CC4)[nH]n3)=CN(c3ccc(CN4C(=O)CNC4=O)cc3)CC2=N1. The van der Waals surface area contributed by atoms with E-state index in [4.69, 9.17) is 4.74 Å². The van der Waals surface area contributed by atoms with Gasteiger partial charge < -0.3 is 15.0 Å². The Bertz CT molecular complexity index is 1340. The molecule has 1 aromatic carbocycles. The second kappa shape index (κ2) is 9.21. The standard InChI is InChI=1S/C25H26N8O4/c1-2-37-24(35)19-12-32-21(27-19)13-31(14-22(32)28-20-9-18(29-30-20)16-5-6-16)17-7-3-15(4-8-17)11-33-23(34)10-26-25(33)36/h3-4,7-9,12,14,16H,2,5-6,10-11,13H2,1H3,(H,26,36)(H2,28,29,30)/q+1. The molecule has 2 aromatic rings. The third-order valence-corrected chi connectivity index (χ3v) is 6.53. The molecule has 37 heavy (non-hydrogen) atoms. The number of imide groups is 1. The molecular formula is C25H26N8O4+. The lowest BCUT2D eigenvalue weighted by Gasteiger charge is -2.25. The summed E-state index contributed by atoms with van der Waals surface area (Å²) in [6.45, 7) is 2.69. The van der Waals surface area contributed by atoms with Crippen LogP contribution < -0.4 is 20.4 Å². The van der Waals surface area contributed by atoms with Gasteiger partial charge in [0.05, 0.1) is 25.9 Å². The lowest BCUT2D eigenvalue weighted by molar-refractivity contribution is -0.138. The first-order valence-electron chi connectivity index (χ1n) is 12.2. The van der Waals surface area contributed by atoms with E-state index in [1.54, 1.807) is 13.1 Å². The normalized spacial score (nSPS) is 19.3. The van der Waals surface area contributed by atoms with E-state index in [1.165, 1.54) is 17.7 Å². The van der Waals surface area contributed by atoms with Crippen LogP contribution in [0.3, 0.4) is 0 Å². The lowest BCUT2D eigenvalue weighted by atomic mass is 10.1. The van der Waals surface area contributed by atoms with E-state index in [1.807, 2.05) is 46.3 Å². The van der Waals surface area contributed by atoms with Crippen molar-refractivity contribution in [1.29, 1.82) is 0 Å². The van der Waals surface area contributed by atoms with E-state index in [-0.39, 0.29) is 37.3 Å². The van der Waals surface area contributed by atoms with Crippen LogP contribution in [-0.4, -0.2) is 58.5 Å². The fourth-order valence-electron chi connectivity index (χ4n) is 4.43. The number of carbonyl (C=O) groups is 3.